The summed E-state index contributed by atoms with van der Waals surface area (Å²) in [6.45, 7) is 6.47. The Labute approximate surface area is 103 Å². The third-order valence-electron chi connectivity index (χ3n) is 2.80. The molecule has 0 spiro atoms. The summed E-state index contributed by atoms with van der Waals surface area (Å²) in [5.41, 5.74) is 0. The molecule has 1 atom stereocenters. The van der Waals surface area contributed by atoms with Gasteiger partial charge < -0.3 is 10.6 Å². The number of carbonyl (C=O) groups excluding carboxylic acids is 1. The molecule has 0 saturated carbocycles. The third-order valence-corrected chi connectivity index (χ3v) is 3.50. The van der Waals surface area contributed by atoms with Crippen molar-refractivity contribution < 1.29 is 4.79 Å². The van der Waals surface area contributed by atoms with Gasteiger partial charge in [-0.1, -0.05) is 0 Å². The molecule has 1 fully saturated rings. The first kappa shape index (κ1) is 13.8. The molecule has 94 valence electrons. The number of hydrogen-bond donors (Lipinski definition) is 2. The Morgan fingerprint density at radius 2 is 2.44 bits per heavy atom. The molecule has 0 radical (unpaired) electrons. The molecule has 0 aromatic carbocycles. The van der Waals surface area contributed by atoms with Crippen LogP contribution in [0, 0.1) is 0 Å². The van der Waals surface area contributed by atoms with Crippen LogP contribution < -0.4 is 10.6 Å². The second-order valence-electron chi connectivity index (χ2n) is 4.00. The van der Waals surface area contributed by atoms with Crippen LogP contribution in [0.4, 0.5) is 0 Å². The summed E-state index contributed by atoms with van der Waals surface area (Å²) in [6.07, 6.45) is 3.29. The van der Waals surface area contributed by atoms with Crippen molar-refractivity contribution in [2.45, 2.75) is 19.4 Å². The number of piperazine rings is 1. The third kappa shape index (κ3) is 4.31. The average Bonchev–Trinajstić information content (AvgIpc) is 2.30. The van der Waals surface area contributed by atoms with E-state index in [0.29, 0.717) is 6.54 Å². The Bertz CT molecular complexity index is 213. The van der Waals surface area contributed by atoms with Gasteiger partial charge in [0.25, 0.3) is 0 Å². The normalized spacial score (nSPS) is 22.0. The number of carbonyl (C=O) groups is 1. The minimum absolute atomic E-state index is 0.0237. The molecule has 16 heavy (non-hydrogen) atoms. The minimum atomic E-state index is 0.0237. The van der Waals surface area contributed by atoms with Crippen molar-refractivity contribution in [1.82, 2.24) is 15.5 Å². The monoisotopic (exact) mass is 245 g/mol. The maximum Gasteiger partial charge on any atom is 0.238 e. The van der Waals surface area contributed by atoms with Crippen LogP contribution in [0.2, 0.25) is 0 Å². The van der Waals surface area contributed by atoms with Crippen LogP contribution in [0.5, 0.6) is 0 Å². The van der Waals surface area contributed by atoms with Crippen molar-refractivity contribution in [3.05, 3.63) is 0 Å². The van der Waals surface area contributed by atoms with E-state index in [2.05, 4.69) is 21.8 Å². The van der Waals surface area contributed by atoms with Crippen LogP contribution in [0.1, 0.15) is 13.3 Å². The maximum absolute atomic E-state index is 11.8. The van der Waals surface area contributed by atoms with Crippen molar-refractivity contribution in [1.29, 1.82) is 0 Å². The van der Waals surface area contributed by atoms with Gasteiger partial charge in [0.2, 0.25) is 5.91 Å². The van der Waals surface area contributed by atoms with Crippen LogP contribution in [0.15, 0.2) is 0 Å². The summed E-state index contributed by atoms with van der Waals surface area (Å²) in [5, 5.41) is 6.20. The molecule has 1 saturated heterocycles. The van der Waals surface area contributed by atoms with Crippen molar-refractivity contribution >= 4 is 17.7 Å². The lowest BCUT2D eigenvalue weighted by Crippen LogP contribution is -2.58. The second kappa shape index (κ2) is 7.92. The van der Waals surface area contributed by atoms with Gasteiger partial charge in [-0.2, -0.15) is 11.8 Å². The molecule has 1 aliphatic heterocycles. The van der Waals surface area contributed by atoms with Crippen LogP contribution in [-0.4, -0.2) is 61.6 Å². The lowest BCUT2D eigenvalue weighted by atomic mass is 10.1. The van der Waals surface area contributed by atoms with E-state index in [9.17, 15) is 4.79 Å². The van der Waals surface area contributed by atoms with E-state index in [1.165, 1.54) is 5.75 Å². The highest BCUT2D eigenvalue weighted by Gasteiger charge is 2.27. The van der Waals surface area contributed by atoms with Gasteiger partial charge in [0.05, 0.1) is 0 Å². The van der Waals surface area contributed by atoms with Gasteiger partial charge in [0.15, 0.2) is 0 Å². The lowest BCUT2D eigenvalue weighted by Gasteiger charge is -2.35. The fraction of sp³-hybridized carbons (Fsp3) is 0.909. The fourth-order valence-corrected chi connectivity index (χ4v) is 2.39. The van der Waals surface area contributed by atoms with Gasteiger partial charge in [-0.3, -0.25) is 9.69 Å². The highest BCUT2D eigenvalue weighted by molar-refractivity contribution is 7.98. The Balaban J connectivity index is 2.40. The molecule has 1 heterocycles. The number of amides is 1. The number of likely N-dealkylation sites (N-methyl/N-ethyl adjacent to an activating group) is 1. The van der Waals surface area contributed by atoms with Gasteiger partial charge in [0.1, 0.15) is 6.04 Å². The smallest absolute Gasteiger partial charge is 0.238 e. The molecule has 0 bridgehead atoms. The van der Waals surface area contributed by atoms with Gasteiger partial charge in [0, 0.05) is 26.2 Å². The summed E-state index contributed by atoms with van der Waals surface area (Å²) in [5.74, 6) is 1.34. The van der Waals surface area contributed by atoms with Gasteiger partial charge >= 0.3 is 0 Å². The van der Waals surface area contributed by atoms with Gasteiger partial charge in [-0.15, -0.1) is 0 Å². The number of rotatable bonds is 6. The lowest BCUT2D eigenvalue weighted by molar-refractivity contribution is -0.126. The van der Waals surface area contributed by atoms with Crippen molar-refractivity contribution in [2.24, 2.45) is 0 Å². The molecule has 0 aliphatic carbocycles. The first-order valence-corrected chi connectivity index (χ1v) is 7.40. The Kier molecular flexibility index (Phi) is 6.84. The first-order chi connectivity index (χ1) is 7.79. The molecule has 1 unspecified atom stereocenters. The Morgan fingerprint density at radius 1 is 1.62 bits per heavy atom. The van der Waals surface area contributed by atoms with Crippen molar-refractivity contribution in [2.75, 3.05) is 44.7 Å². The van der Waals surface area contributed by atoms with Crippen LogP contribution in [0.25, 0.3) is 0 Å². The number of nitrogens with zero attached hydrogens (tertiary/aromatic N) is 1. The predicted molar refractivity (Wildman–Crippen MR) is 69.9 cm³/mol. The van der Waals surface area contributed by atoms with Gasteiger partial charge in [-0.05, 0) is 31.9 Å². The zero-order valence-electron chi connectivity index (χ0n) is 10.3. The minimum Gasteiger partial charge on any atom is -0.355 e. The summed E-state index contributed by atoms with van der Waals surface area (Å²) in [4.78, 5) is 14.1. The van der Waals surface area contributed by atoms with E-state index in [1.54, 1.807) is 0 Å². The van der Waals surface area contributed by atoms with Crippen LogP contribution in [-0.2, 0) is 4.79 Å². The molecule has 1 rings (SSSR count). The predicted octanol–water partition coefficient (Wildman–Crippen LogP) is 0.149. The topological polar surface area (TPSA) is 44.4 Å². The molecule has 1 aliphatic rings. The zero-order valence-corrected chi connectivity index (χ0v) is 11.1. The van der Waals surface area contributed by atoms with E-state index in [1.807, 2.05) is 18.7 Å². The highest BCUT2D eigenvalue weighted by Crippen LogP contribution is 2.06. The van der Waals surface area contributed by atoms with E-state index in [4.69, 9.17) is 0 Å². The summed E-state index contributed by atoms with van der Waals surface area (Å²) >= 11 is 1.87. The fourth-order valence-electron chi connectivity index (χ4n) is 1.98. The van der Waals surface area contributed by atoms with Crippen molar-refractivity contribution in [3.63, 3.8) is 0 Å². The summed E-state index contributed by atoms with van der Waals surface area (Å²) in [7, 11) is 0. The molecule has 5 heteroatoms. The zero-order chi connectivity index (χ0) is 11.8. The molecule has 2 N–H and O–H groups in total. The highest BCUT2D eigenvalue weighted by atomic mass is 32.2. The molecule has 0 aromatic heterocycles. The number of nitrogens with one attached hydrogen (secondary N) is 2. The number of hydrogen-bond acceptors (Lipinski definition) is 4. The summed E-state index contributed by atoms with van der Waals surface area (Å²) < 4.78 is 0. The molecular weight excluding hydrogens is 222 g/mol. The quantitative estimate of drug-likeness (QED) is 0.654. The van der Waals surface area contributed by atoms with E-state index in [-0.39, 0.29) is 11.9 Å². The van der Waals surface area contributed by atoms with E-state index >= 15 is 0 Å². The molecule has 1 amide bonds. The average molecular weight is 245 g/mol. The maximum atomic E-state index is 11.8. The van der Waals surface area contributed by atoms with Crippen molar-refractivity contribution in [3.8, 4) is 0 Å². The van der Waals surface area contributed by atoms with E-state index < -0.39 is 0 Å². The number of thioether (sulfide) groups is 1. The molecular formula is C11H23N3OS. The standard InChI is InChI=1S/C11H23N3OS/c1-3-13-11(15)10-9-12-5-7-14(10)6-4-8-16-2/h10,12H,3-9H2,1-2H3,(H,13,15). The SMILES string of the molecule is CCNC(=O)C1CNCCN1CCCSC. The van der Waals surface area contributed by atoms with E-state index in [0.717, 1.165) is 32.6 Å². The van der Waals surface area contributed by atoms with Crippen LogP contribution in [0.3, 0.4) is 0 Å². The Hall–Kier alpha value is -0.260. The molecule has 4 nitrogen and oxygen atoms in total. The van der Waals surface area contributed by atoms with Crippen LogP contribution >= 0.6 is 11.8 Å². The van der Waals surface area contributed by atoms with Gasteiger partial charge in [-0.25, -0.2) is 0 Å². The second-order valence-corrected chi connectivity index (χ2v) is 4.98. The molecule has 0 aromatic rings. The Morgan fingerprint density at radius 3 is 3.12 bits per heavy atom. The largest absolute Gasteiger partial charge is 0.355 e. The first-order valence-electron chi connectivity index (χ1n) is 6.01. The summed E-state index contributed by atoms with van der Waals surface area (Å²) in [6, 6.07) is 0.0237.